The lowest BCUT2D eigenvalue weighted by Gasteiger charge is -2.05. The van der Waals surface area contributed by atoms with Crippen molar-refractivity contribution in [3.63, 3.8) is 0 Å². The molecule has 5 heteroatoms. The number of hydrogen-bond donors (Lipinski definition) is 3. The van der Waals surface area contributed by atoms with Crippen molar-refractivity contribution in [3.05, 3.63) is 29.8 Å². The van der Waals surface area contributed by atoms with E-state index in [4.69, 9.17) is 9.56 Å². The summed E-state index contributed by atoms with van der Waals surface area (Å²) < 4.78 is 28.1. The zero-order chi connectivity index (χ0) is 9.19. The topological polar surface area (TPSA) is 59.7 Å². The minimum atomic E-state index is -3.64. The van der Waals surface area contributed by atoms with E-state index in [9.17, 15) is 3.89 Å². The molecule has 0 aliphatic carbocycles. The van der Waals surface area contributed by atoms with Crippen LogP contribution >= 0.6 is 0 Å². The first kappa shape index (κ1) is 8.99. The Labute approximate surface area is 71.5 Å². The highest BCUT2D eigenvalue weighted by Gasteiger charge is 1.97. The van der Waals surface area contributed by atoms with Gasteiger partial charge in [-0.3, -0.25) is 4.72 Å². The van der Waals surface area contributed by atoms with Crippen LogP contribution in [0, 0.1) is 16.5 Å². The molecule has 3 nitrogen and oxygen atoms in total. The van der Waals surface area contributed by atoms with E-state index in [1.54, 1.807) is 18.2 Å². The highest BCUT2D eigenvalue weighted by Crippen LogP contribution is 2.12. The van der Waals surface area contributed by atoms with Crippen molar-refractivity contribution in [2.45, 2.75) is 6.92 Å². The fourth-order valence-electron chi connectivity index (χ4n) is 0.871. The van der Waals surface area contributed by atoms with Gasteiger partial charge >= 0.3 is 0 Å². The first-order valence-corrected chi connectivity index (χ1v) is 4.87. The number of halogens is 1. The number of nitrogens with one attached hydrogen (secondary N) is 3. The minimum absolute atomic E-state index is 0.484. The molecule has 0 bridgehead atoms. The maximum atomic E-state index is 12.5. The number of anilines is 1. The molecule has 1 aromatic rings. The molecule has 0 atom stereocenters. The van der Waals surface area contributed by atoms with Crippen molar-refractivity contribution in [1.82, 2.24) is 0 Å². The summed E-state index contributed by atoms with van der Waals surface area (Å²) in [5, 5.41) is 0. The lowest BCUT2D eigenvalue weighted by molar-refractivity contribution is 0.897. The first-order chi connectivity index (χ1) is 5.47. The van der Waals surface area contributed by atoms with Crippen molar-refractivity contribution >= 4 is 15.9 Å². The van der Waals surface area contributed by atoms with Crippen LogP contribution in [0.15, 0.2) is 24.3 Å². The largest absolute Gasteiger partial charge is 0.290 e. The van der Waals surface area contributed by atoms with Crippen molar-refractivity contribution in [3.8, 4) is 0 Å². The summed E-state index contributed by atoms with van der Waals surface area (Å²) >= 11 is 0. The van der Waals surface area contributed by atoms with Gasteiger partial charge in [0.25, 0.3) is 0 Å². The quantitative estimate of drug-likeness (QED) is 0.655. The van der Waals surface area contributed by atoms with Gasteiger partial charge in [-0.2, -0.15) is 0 Å². The van der Waals surface area contributed by atoms with Gasteiger partial charge in [-0.15, -0.1) is 3.89 Å². The molecule has 0 radical (unpaired) electrons. The summed E-state index contributed by atoms with van der Waals surface area (Å²) in [6, 6.07) is 6.96. The van der Waals surface area contributed by atoms with Gasteiger partial charge < -0.3 is 0 Å². The maximum absolute atomic E-state index is 12.5. The van der Waals surface area contributed by atoms with Crippen LogP contribution in [0.2, 0.25) is 0 Å². The number of hydrogen-bond acceptors (Lipinski definition) is 2. The van der Waals surface area contributed by atoms with E-state index in [-0.39, 0.29) is 0 Å². The molecule has 12 heavy (non-hydrogen) atoms. The molecule has 0 aromatic heterocycles. The van der Waals surface area contributed by atoms with Gasteiger partial charge in [0.05, 0.1) is 0 Å². The molecule has 0 fully saturated rings. The number of benzene rings is 1. The van der Waals surface area contributed by atoms with E-state index < -0.39 is 10.2 Å². The highest BCUT2D eigenvalue weighted by atomic mass is 32.3. The molecular weight excluding hydrogens is 177 g/mol. The molecule has 1 rings (SSSR count). The average Bonchev–Trinajstić information content (AvgIpc) is 1.82. The van der Waals surface area contributed by atoms with Gasteiger partial charge in [-0.25, -0.2) is 9.56 Å². The van der Waals surface area contributed by atoms with Crippen LogP contribution in [0.1, 0.15) is 5.56 Å². The lowest BCUT2D eigenvalue weighted by atomic mass is 10.2. The smallest absolute Gasteiger partial charge is 0.178 e. The molecule has 0 heterocycles. The van der Waals surface area contributed by atoms with Crippen LogP contribution in [-0.2, 0) is 10.2 Å². The fourth-order valence-corrected chi connectivity index (χ4v) is 1.32. The Bertz CT molecular complexity index is 372. The average molecular weight is 187 g/mol. The Morgan fingerprint density at radius 2 is 2.08 bits per heavy atom. The fraction of sp³-hybridized carbons (Fsp3) is 0.143. The third-order valence-electron chi connectivity index (χ3n) is 1.28. The summed E-state index contributed by atoms with van der Waals surface area (Å²) in [6.07, 6.45) is 0. The molecule has 0 amide bonds. The van der Waals surface area contributed by atoms with Gasteiger partial charge in [-0.1, -0.05) is 12.1 Å². The van der Waals surface area contributed by atoms with Crippen LogP contribution in [0.25, 0.3) is 0 Å². The van der Waals surface area contributed by atoms with E-state index in [1.165, 1.54) is 0 Å². The SMILES string of the molecule is Cc1cccc(NS(=N)(=N)F)c1. The zero-order valence-electron chi connectivity index (χ0n) is 6.60. The Kier molecular flexibility index (Phi) is 2.32. The first-order valence-electron chi connectivity index (χ1n) is 3.34. The second-order valence-electron chi connectivity index (χ2n) is 2.51. The molecule has 0 spiro atoms. The molecule has 0 aliphatic rings. The second kappa shape index (κ2) is 3.10. The van der Waals surface area contributed by atoms with E-state index in [0.29, 0.717) is 5.69 Å². The third-order valence-corrected chi connectivity index (χ3v) is 1.79. The summed E-state index contributed by atoms with van der Waals surface area (Å²) in [5.41, 5.74) is 1.46. The molecule has 3 N–H and O–H groups in total. The summed E-state index contributed by atoms with van der Waals surface area (Å²) in [6.45, 7) is 1.87. The van der Waals surface area contributed by atoms with E-state index >= 15 is 0 Å². The normalized spacial score (nSPS) is 11.2. The number of rotatable bonds is 2. The third kappa shape index (κ3) is 2.87. The zero-order valence-corrected chi connectivity index (χ0v) is 7.41. The van der Waals surface area contributed by atoms with Gasteiger partial charge in [0.1, 0.15) is 0 Å². The van der Waals surface area contributed by atoms with Crippen LogP contribution < -0.4 is 4.72 Å². The molecule has 1 aromatic carbocycles. The summed E-state index contributed by atoms with van der Waals surface area (Å²) in [4.78, 5) is 0. The van der Waals surface area contributed by atoms with Crippen molar-refractivity contribution in [2.24, 2.45) is 0 Å². The highest BCUT2D eigenvalue weighted by molar-refractivity contribution is 7.89. The Morgan fingerprint density at radius 3 is 2.58 bits per heavy atom. The predicted molar refractivity (Wildman–Crippen MR) is 48.7 cm³/mol. The predicted octanol–water partition coefficient (Wildman–Crippen LogP) is 2.89. The van der Waals surface area contributed by atoms with Gasteiger partial charge in [0.2, 0.25) is 0 Å². The molecule has 0 aliphatic heterocycles. The van der Waals surface area contributed by atoms with Crippen LogP contribution in [0.3, 0.4) is 0 Å². The number of aryl methyl sites for hydroxylation is 1. The Balaban J connectivity index is 2.91. The van der Waals surface area contributed by atoms with E-state index in [0.717, 1.165) is 5.56 Å². The molecule has 0 unspecified atom stereocenters. The second-order valence-corrected chi connectivity index (χ2v) is 3.79. The van der Waals surface area contributed by atoms with E-state index in [1.807, 2.05) is 13.0 Å². The molecule has 0 saturated carbocycles. The van der Waals surface area contributed by atoms with Crippen molar-refractivity contribution in [2.75, 3.05) is 4.72 Å². The Morgan fingerprint density at radius 1 is 1.42 bits per heavy atom. The van der Waals surface area contributed by atoms with Crippen molar-refractivity contribution < 1.29 is 3.89 Å². The van der Waals surface area contributed by atoms with Crippen LogP contribution in [0.5, 0.6) is 0 Å². The van der Waals surface area contributed by atoms with Gasteiger partial charge in [-0.05, 0) is 24.6 Å². The van der Waals surface area contributed by atoms with Crippen LogP contribution in [-0.4, -0.2) is 0 Å². The Hall–Kier alpha value is -1.10. The molecule has 0 saturated heterocycles. The minimum Gasteiger partial charge on any atom is -0.290 e. The summed E-state index contributed by atoms with van der Waals surface area (Å²) in [5.74, 6) is 0. The molecule has 66 valence electrons. The molecular formula is C7H10FN3S. The van der Waals surface area contributed by atoms with Crippen LogP contribution in [0.4, 0.5) is 9.57 Å². The van der Waals surface area contributed by atoms with Gasteiger partial charge in [0.15, 0.2) is 10.2 Å². The van der Waals surface area contributed by atoms with Crippen molar-refractivity contribution in [1.29, 1.82) is 9.56 Å². The van der Waals surface area contributed by atoms with E-state index in [2.05, 4.69) is 4.72 Å². The standard InChI is InChI=1S/C7H10FN3S/c1-6-3-2-4-7(5-6)11-12(8,9)10/h2-5H,1H3,(H3,9,10,11). The maximum Gasteiger partial charge on any atom is 0.178 e. The lowest BCUT2D eigenvalue weighted by Crippen LogP contribution is -2.01. The van der Waals surface area contributed by atoms with Gasteiger partial charge in [0, 0.05) is 5.69 Å². The summed E-state index contributed by atoms with van der Waals surface area (Å²) in [7, 11) is -3.64. The monoisotopic (exact) mass is 187 g/mol.